The molecule has 0 aromatic heterocycles. The van der Waals surface area contributed by atoms with E-state index in [1.807, 2.05) is 0 Å². The van der Waals surface area contributed by atoms with E-state index in [9.17, 15) is 0 Å². The molecular formula is C53H38. The van der Waals surface area contributed by atoms with E-state index in [1.165, 1.54) is 110 Å². The Balaban J connectivity index is 1.32. The van der Waals surface area contributed by atoms with Gasteiger partial charge in [0.1, 0.15) is 0 Å². The average Bonchev–Trinajstić information content (AvgIpc) is 3.45. The van der Waals surface area contributed by atoms with E-state index in [4.69, 9.17) is 0 Å². The van der Waals surface area contributed by atoms with Crippen molar-refractivity contribution >= 4 is 49.2 Å². The minimum absolute atomic E-state index is 0.0956. The first kappa shape index (κ1) is 30.4. The maximum Gasteiger partial charge on any atom is 0.0159 e. The van der Waals surface area contributed by atoms with Crippen LogP contribution in [0.25, 0.3) is 93.7 Å². The molecule has 0 saturated heterocycles. The van der Waals surface area contributed by atoms with Crippen molar-refractivity contribution in [2.75, 3.05) is 0 Å². The summed E-state index contributed by atoms with van der Waals surface area (Å²) in [5.41, 5.74) is 16.3. The summed E-state index contributed by atoms with van der Waals surface area (Å²) in [5.74, 6) is 0. The van der Waals surface area contributed by atoms with Crippen molar-refractivity contribution in [1.29, 1.82) is 0 Å². The van der Waals surface area contributed by atoms with Gasteiger partial charge in [0, 0.05) is 5.41 Å². The van der Waals surface area contributed by atoms with Crippen LogP contribution in [-0.2, 0) is 11.8 Å². The van der Waals surface area contributed by atoms with Crippen molar-refractivity contribution in [3.05, 3.63) is 186 Å². The van der Waals surface area contributed by atoms with Crippen LogP contribution in [0.3, 0.4) is 0 Å². The first-order valence-electron chi connectivity index (χ1n) is 19.0. The fourth-order valence-corrected chi connectivity index (χ4v) is 9.86. The summed E-state index contributed by atoms with van der Waals surface area (Å²) in [6.45, 7) is 4.84. The number of allylic oxidation sites excluding steroid dienone is 1. The second-order valence-corrected chi connectivity index (χ2v) is 15.5. The van der Waals surface area contributed by atoms with E-state index in [0.717, 1.165) is 12.8 Å². The molecule has 0 amide bonds. The molecular weight excluding hydrogens is 637 g/mol. The molecule has 9 aromatic rings. The molecule has 0 unspecified atom stereocenters. The van der Waals surface area contributed by atoms with Gasteiger partial charge < -0.3 is 0 Å². The van der Waals surface area contributed by atoms with Crippen LogP contribution in [-0.4, -0.2) is 0 Å². The van der Waals surface area contributed by atoms with Gasteiger partial charge in [-0.1, -0.05) is 166 Å². The van der Waals surface area contributed by atoms with Crippen LogP contribution >= 0.6 is 0 Å². The number of hydrogen-bond donors (Lipinski definition) is 0. The molecule has 53 heavy (non-hydrogen) atoms. The molecule has 9 aromatic carbocycles. The van der Waals surface area contributed by atoms with E-state index in [-0.39, 0.29) is 5.41 Å². The Morgan fingerprint density at radius 2 is 1.06 bits per heavy atom. The Morgan fingerprint density at radius 3 is 1.87 bits per heavy atom. The van der Waals surface area contributed by atoms with Crippen molar-refractivity contribution in [3.63, 3.8) is 0 Å². The molecule has 0 N–H and O–H groups in total. The average molecular weight is 675 g/mol. The number of rotatable bonds is 3. The zero-order chi connectivity index (χ0) is 35.3. The van der Waals surface area contributed by atoms with Gasteiger partial charge in [0.05, 0.1) is 0 Å². The summed E-state index contributed by atoms with van der Waals surface area (Å²) in [6.07, 6.45) is 6.94. The fraction of sp³-hybridized carbons (Fsp3) is 0.0943. The van der Waals surface area contributed by atoms with Gasteiger partial charge in [0.2, 0.25) is 0 Å². The van der Waals surface area contributed by atoms with Crippen molar-refractivity contribution < 1.29 is 0 Å². The Kier molecular flexibility index (Phi) is 6.53. The lowest BCUT2D eigenvalue weighted by atomic mass is 9.76. The lowest BCUT2D eigenvalue weighted by Crippen LogP contribution is -2.16. The highest BCUT2D eigenvalue weighted by Gasteiger charge is 2.38. The van der Waals surface area contributed by atoms with Gasteiger partial charge in [-0.2, -0.15) is 0 Å². The van der Waals surface area contributed by atoms with Crippen molar-refractivity contribution in [1.82, 2.24) is 0 Å². The summed E-state index contributed by atoms with van der Waals surface area (Å²) in [6, 6.07) is 59.2. The van der Waals surface area contributed by atoms with Gasteiger partial charge in [0.25, 0.3) is 0 Å². The van der Waals surface area contributed by atoms with Crippen LogP contribution in [0.5, 0.6) is 0 Å². The third kappa shape index (κ3) is 4.36. The molecule has 0 atom stereocenters. The minimum atomic E-state index is -0.0956. The highest BCUT2D eigenvalue weighted by Crippen LogP contribution is 2.55. The van der Waals surface area contributed by atoms with Gasteiger partial charge in [-0.3, -0.25) is 0 Å². The smallest absolute Gasteiger partial charge is 0.0159 e. The first-order valence-corrected chi connectivity index (χ1v) is 19.0. The second-order valence-electron chi connectivity index (χ2n) is 15.5. The maximum atomic E-state index is 2.57. The standard InChI is InChI=1S/C53H38/c1-53(2)48-27-15-14-26-44(48)52-40-23-11-10-22-39(40)47(32-49(52)53)51-42-25-13-12-24-41(42)50(43-29-28-34(30-46(43)51)33-16-4-3-5-17-33)45-31-35-18-6-7-19-36(35)37-20-8-9-21-38(37)45/h3-10,12-22,24-32H,11,23H2,1-2H3. The molecule has 0 saturated carbocycles. The van der Waals surface area contributed by atoms with E-state index < -0.39 is 0 Å². The zero-order valence-electron chi connectivity index (χ0n) is 30.1. The SMILES string of the molecule is CC1(C)c2ccccc2-c2c1cc(-c1c3ccccc3c(-c3cc4ccccc4c4ccccc34)c3ccc(-c4ccccc4)cc13)c1c2CCC=C1. The predicted octanol–water partition coefficient (Wildman–Crippen LogP) is 14.6. The molecule has 0 bridgehead atoms. The van der Waals surface area contributed by atoms with Gasteiger partial charge in [-0.25, -0.2) is 0 Å². The Labute approximate surface area is 310 Å². The van der Waals surface area contributed by atoms with Crippen LogP contribution in [0.15, 0.2) is 164 Å². The first-order chi connectivity index (χ1) is 26.1. The molecule has 0 nitrogen and oxygen atoms in total. The van der Waals surface area contributed by atoms with Crippen LogP contribution in [0, 0.1) is 0 Å². The molecule has 250 valence electrons. The molecule has 11 rings (SSSR count). The van der Waals surface area contributed by atoms with Crippen LogP contribution in [0.4, 0.5) is 0 Å². The van der Waals surface area contributed by atoms with E-state index in [1.54, 1.807) is 0 Å². The third-order valence-corrected chi connectivity index (χ3v) is 12.3. The highest BCUT2D eigenvalue weighted by atomic mass is 14.4. The zero-order valence-corrected chi connectivity index (χ0v) is 30.1. The van der Waals surface area contributed by atoms with Gasteiger partial charge in [-0.05, 0) is 141 Å². The normalized spacial score (nSPS) is 14.2. The van der Waals surface area contributed by atoms with Gasteiger partial charge in [0.15, 0.2) is 0 Å². The molecule has 0 spiro atoms. The summed E-state index contributed by atoms with van der Waals surface area (Å²) in [7, 11) is 0. The maximum absolute atomic E-state index is 2.57. The summed E-state index contributed by atoms with van der Waals surface area (Å²) < 4.78 is 0. The van der Waals surface area contributed by atoms with Crippen LogP contribution in [0.1, 0.15) is 42.5 Å². The predicted molar refractivity (Wildman–Crippen MR) is 228 cm³/mol. The molecule has 0 radical (unpaired) electrons. The molecule has 2 aliphatic carbocycles. The van der Waals surface area contributed by atoms with E-state index >= 15 is 0 Å². The van der Waals surface area contributed by atoms with Crippen molar-refractivity contribution in [2.45, 2.75) is 32.1 Å². The lowest BCUT2D eigenvalue weighted by molar-refractivity contribution is 0.660. The van der Waals surface area contributed by atoms with Crippen LogP contribution in [0.2, 0.25) is 0 Å². The number of hydrogen-bond acceptors (Lipinski definition) is 0. The Morgan fingerprint density at radius 1 is 0.415 bits per heavy atom. The fourth-order valence-electron chi connectivity index (χ4n) is 9.86. The summed E-state index contributed by atoms with van der Waals surface area (Å²) in [5, 5.41) is 10.3. The number of fused-ring (bicyclic) bond motifs is 10. The monoisotopic (exact) mass is 674 g/mol. The van der Waals surface area contributed by atoms with Gasteiger partial charge >= 0.3 is 0 Å². The Bertz CT molecular complexity index is 3010. The van der Waals surface area contributed by atoms with E-state index in [0.29, 0.717) is 0 Å². The van der Waals surface area contributed by atoms with Crippen molar-refractivity contribution in [2.24, 2.45) is 0 Å². The molecule has 0 fully saturated rings. The molecule has 0 heteroatoms. The quantitative estimate of drug-likeness (QED) is 0.129. The number of benzene rings is 9. The van der Waals surface area contributed by atoms with Crippen LogP contribution < -0.4 is 0 Å². The third-order valence-electron chi connectivity index (χ3n) is 12.3. The van der Waals surface area contributed by atoms with Gasteiger partial charge in [-0.15, -0.1) is 0 Å². The van der Waals surface area contributed by atoms with Crippen molar-refractivity contribution in [3.8, 4) is 44.5 Å². The lowest BCUT2D eigenvalue weighted by Gasteiger charge is -2.27. The Hall–Kier alpha value is -6.24. The topological polar surface area (TPSA) is 0 Å². The summed E-state index contributed by atoms with van der Waals surface area (Å²) in [4.78, 5) is 0. The minimum Gasteiger partial charge on any atom is -0.0836 e. The molecule has 0 aliphatic heterocycles. The molecule has 2 aliphatic rings. The highest BCUT2D eigenvalue weighted by molar-refractivity contribution is 6.26. The van der Waals surface area contributed by atoms with E-state index in [2.05, 4.69) is 184 Å². The second kappa shape index (κ2) is 11.4. The molecule has 0 heterocycles. The largest absolute Gasteiger partial charge is 0.0836 e. The summed E-state index contributed by atoms with van der Waals surface area (Å²) >= 11 is 0.